The Kier molecular flexibility index (Phi) is 4.94. The van der Waals surface area contributed by atoms with Crippen molar-refractivity contribution in [2.24, 2.45) is 0 Å². The molecule has 136 valence electrons. The Labute approximate surface area is 153 Å². The van der Waals surface area contributed by atoms with Gasteiger partial charge in [-0.1, -0.05) is 11.6 Å². The van der Waals surface area contributed by atoms with Crippen LogP contribution in [0.2, 0.25) is 5.02 Å². The first-order valence-electron chi connectivity index (χ1n) is 7.70. The summed E-state index contributed by atoms with van der Waals surface area (Å²) >= 11 is 6.43. The van der Waals surface area contributed by atoms with Gasteiger partial charge < -0.3 is 19.0 Å². The number of allylic oxidation sites excluding steroid dienone is 1. The Hall–Kier alpha value is -2.87. The summed E-state index contributed by atoms with van der Waals surface area (Å²) in [6, 6.07) is 1.49. The van der Waals surface area contributed by atoms with E-state index in [0.29, 0.717) is 17.7 Å². The number of aryl methyl sites for hydroxylation is 1. The van der Waals surface area contributed by atoms with Gasteiger partial charge in [0.2, 0.25) is 11.8 Å². The molecule has 1 aliphatic rings. The molecule has 0 fully saturated rings. The smallest absolute Gasteiger partial charge is 0.249 e. The minimum absolute atomic E-state index is 0.00571. The lowest BCUT2D eigenvalue weighted by molar-refractivity contribution is -0.116. The van der Waals surface area contributed by atoms with Crippen molar-refractivity contribution in [2.75, 3.05) is 7.11 Å². The molecule has 9 heteroatoms. The molecule has 3 rings (SSSR count). The molecule has 0 spiro atoms. The maximum absolute atomic E-state index is 11.6. The van der Waals surface area contributed by atoms with Crippen LogP contribution in [0.5, 0.6) is 11.5 Å². The molecule has 1 aromatic heterocycles. The molecule has 1 unspecified atom stereocenters. The first kappa shape index (κ1) is 17.9. The molecular formula is C17H15ClN2O6. The van der Waals surface area contributed by atoms with Gasteiger partial charge in [0.15, 0.2) is 23.9 Å². The van der Waals surface area contributed by atoms with Crippen molar-refractivity contribution in [1.82, 2.24) is 10.2 Å². The SMILES string of the molecule is COc1cc(-c2nnc(C)o2)c(Cl)c(OC2CCC(=O)C=C2O)c1C=O. The summed E-state index contributed by atoms with van der Waals surface area (Å²) in [7, 11) is 1.39. The van der Waals surface area contributed by atoms with Gasteiger partial charge in [-0.25, -0.2) is 0 Å². The van der Waals surface area contributed by atoms with Crippen molar-refractivity contribution < 1.29 is 28.6 Å². The van der Waals surface area contributed by atoms with E-state index in [2.05, 4.69) is 10.2 Å². The van der Waals surface area contributed by atoms with Gasteiger partial charge >= 0.3 is 0 Å². The Morgan fingerprint density at radius 2 is 2.19 bits per heavy atom. The number of ketones is 1. The lowest BCUT2D eigenvalue weighted by Crippen LogP contribution is -2.25. The molecule has 0 saturated heterocycles. The summed E-state index contributed by atoms with van der Waals surface area (Å²) in [5.74, 6) is 0.241. The summed E-state index contributed by atoms with van der Waals surface area (Å²) in [5.41, 5.74) is 0.391. The number of hydrogen-bond acceptors (Lipinski definition) is 8. The normalized spacial score (nSPS) is 17.0. The number of aromatic nitrogens is 2. The molecule has 1 heterocycles. The predicted molar refractivity (Wildman–Crippen MR) is 90.8 cm³/mol. The Balaban J connectivity index is 2.11. The highest BCUT2D eigenvalue weighted by atomic mass is 35.5. The Morgan fingerprint density at radius 1 is 1.42 bits per heavy atom. The third-order valence-corrected chi connectivity index (χ3v) is 4.24. The molecule has 1 aliphatic carbocycles. The Bertz CT molecular complexity index is 905. The molecule has 1 aromatic carbocycles. The third kappa shape index (κ3) is 3.28. The number of nitrogens with zero attached hydrogens (tertiary/aromatic N) is 2. The number of methoxy groups -OCH3 is 1. The van der Waals surface area contributed by atoms with Crippen molar-refractivity contribution in [3.63, 3.8) is 0 Å². The minimum atomic E-state index is -0.812. The summed E-state index contributed by atoms with van der Waals surface area (Å²) in [4.78, 5) is 23.0. The second-order valence-electron chi connectivity index (χ2n) is 5.61. The van der Waals surface area contributed by atoms with E-state index in [0.717, 1.165) is 6.08 Å². The largest absolute Gasteiger partial charge is 0.508 e. The van der Waals surface area contributed by atoms with E-state index in [-0.39, 0.29) is 52.4 Å². The fourth-order valence-electron chi connectivity index (χ4n) is 2.59. The number of rotatable bonds is 5. The van der Waals surface area contributed by atoms with E-state index >= 15 is 0 Å². The van der Waals surface area contributed by atoms with E-state index in [1.807, 2.05) is 0 Å². The zero-order chi connectivity index (χ0) is 18.8. The van der Waals surface area contributed by atoms with E-state index in [4.69, 9.17) is 25.5 Å². The maximum Gasteiger partial charge on any atom is 0.249 e. The summed E-state index contributed by atoms with van der Waals surface area (Å²) in [5, 5.41) is 17.7. The lowest BCUT2D eigenvalue weighted by atomic mass is 10.0. The predicted octanol–water partition coefficient (Wildman–Crippen LogP) is 3.07. The first-order valence-corrected chi connectivity index (χ1v) is 8.08. The summed E-state index contributed by atoms with van der Waals surface area (Å²) in [6.07, 6.45) is 1.29. The Morgan fingerprint density at radius 3 is 2.77 bits per heavy atom. The number of aliphatic hydroxyl groups is 1. The molecule has 0 saturated carbocycles. The van der Waals surface area contributed by atoms with E-state index in [9.17, 15) is 14.7 Å². The van der Waals surface area contributed by atoms with Crippen molar-refractivity contribution >= 4 is 23.7 Å². The third-order valence-electron chi connectivity index (χ3n) is 3.87. The van der Waals surface area contributed by atoms with Crippen LogP contribution in [0, 0.1) is 6.92 Å². The van der Waals surface area contributed by atoms with Crippen molar-refractivity contribution in [3.05, 3.63) is 34.4 Å². The van der Waals surface area contributed by atoms with Crippen LogP contribution in [-0.4, -0.2) is 40.6 Å². The maximum atomic E-state index is 11.6. The molecule has 0 bridgehead atoms. The average molecular weight is 379 g/mol. The van der Waals surface area contributed by atoms with Gasteiger partial charge in [0, 0.05) is 19.4 Å². The van der Waals surface area contributed by atoms with Gasteiger partial charge in [0.25, 0.3) is 0 Å². The van der Waals surface area contributed by atoms with E-state index in [1.165, 1.54) is 13.2 Å². The van der Waals surface area contributed by atoms with Crippen LogP contribution in [0.4, 0.5) is 0 Å². The average Bonchev–Trinajstić information content (AvgIpc) is 3.04. The number of ether oxygens (including phenoxy) is 2. The number of carbonyl (C=O) groups excluding carboxylic acids is 2. The van der Waals surface area contributed by atoms with Gasteiger partial charge in [-0.05, 0) is 12.5 Å². The van der Waals surface area contributed by atoms with Crippen LogP contribution >= 0.6 is 11.6 Å². The highest BCUT2D eigenvalue weighted by molar-refractivity contribution is 6.35. The standard InChI is InChI=1S/C17H15ClN2O6/c1-8-19-20-17(25-8)10-6-14(24-2)11(7-21)16(15(10)18)26-13-4-3-9(22)5-12(13)23/h5-7,13,23H,3-4H2,1-2H3. The fraction of sp³-hybridized carbons (Fsp3) is 0.294. The van der Waals surface area contributed by atoms with Gasteiger partial charge in [0.05, 0.1) is 23.3 Å². The van der Waals surface area contributed by atoms with Gasteiger partial charge in [-0.2, -0.15) is 0 Å². The van der Waals surface area contributed by atoms with Gasteiger partial charge in [-0.15, -0.1) is 10.2 Å². The van der Waals surface area contributed by atoms with Gasteiger partial charge in [0.1, 0.15) is 11.5 Å². The second kappa shape index (κ2) is 7.17. The first-order chi connectivity index (χ1) is 12.4. The number of halogens is 1. The summed E-state index contributed by atoms with van der Waals surface area (Å²) < 4.78 is 16.4. The van der Waals surface area contributed by atoms with E-state index < -0.39 is 6.10 Å². The van der Waals surface area contributed by atoms with Crippen LogP contribution in [0.15, 0.2) is 22.3 Å². The van der Waals surface area contributed by atoms with Crippen LogP contribution in [0.25, 0.3) is 11.5 Å². The van der Waals surface area contributed by atoms with E-state index in [1.54, 1.807) is 6.92 Å². The molecule has 1 atom stereocenters. The van der Waals surface area contributed by atoms with Crippen molar-refractivity contribution in [2.45, 2.75) is 25.9 Å². The molecule has 8 nitrogen and oxygen atoms in total. The van der Waals surface area contributed by atoms with Crippen molar-refractivity contribution in [1.29, 1.82) is 0 Å². The number of hydrogen-bond donors (Lipinski definition) is 1. The number of aliphatic hydroxyl groups excluding tert-OH is 1. The van der Waals surface area contributed by atoms with Crippen molar-refractivity contribution in [3.8, 4) is 23.0 Å². The highest BCUT2D eigenvalue weighted by Gasteiger charge is 2.28. The molecule has 1 N–H and O–H groups in total. The molecule has 26 heavy (non-hydrogen) atoms. The molecule has 0 amide bonds. The zero-order valence-electron chi connectivity index (χ0n) is 14.0. The second-order valence-corrected chi connectivity index (χ2v) is 5.99. The molecule has 2 aromatic rings. The number of aldehydes is 1. The van der Waals surface area contributed by atoms with Crippen LogP contribution in [-0.2, 0) is 4.79 Å². The zero-order valence-corrected chi connectivity index (χ0v) is 14.7. The molecular weight excluding hydrogens is 364 g/mol. The topological polar surface area (TPSA) is 112 Å². The van der Waals surface area contributed by atoms with Crippen LogP contribution in [0.3, 0.4) is 0 Å². The number of benzene rings is 1. The van der Waals surface area contributed by atoms with Crippen LogP contribution in [0.1, 0.15) is 29.1 Å². The highest BCUT2D eigenvalue weighted by Crippen LogP contribution is 2.43. The quantitative estimate of drug-likeness (QED) is 0.790. The molecule has 0 aliphatic heterocycles. The minimum Gasteiger partial charge on any atom is -0.508 e. The van der Waals surface area contributed by atoms with Gasteiger partial charge in [-0.3, -0.25) is 9.59 Å². The summed E-state index contributed by atoms with van der Waals surface area (Å²) in [6.45, 7) is 1.63. The monoisotopic (exact) mass is 378 g/mol. The van der Waals surface area contributed by atoms with Crippen LogP contribution < -0.4 is 9.47 Å². The fourth-order valence-corrected chi connectivity index (χ4v) is 2.88. The molecule has 0 radical (unpaired) electrons. The lowest BCUT2D eigenvalue weighted by Gasteiger charge is -2.23. The number of carbonyl (C=O) groups is 2.